The molecular formula is C17H31NO4. The van der Waals surface area contributed by atoms with E-state index in [1.807, 2.05) is 0 Å². The molecule has 0 heterocycles. The van der Waals surface area contributed by atoms with Crippen molar-refractivity contribution in [2.45, 2.75) is 51.9 Å². The zero-order valence-electron chi connectivity index (χ0n) is 14.1. The van der Waals surface area contributed by atoms with Crippen molar-refractivity contribution in [1.29, 1.82) is 0 Å². The monoisotopic (exact) mass is 313 g/mol. The van der Waals surface area contributed by atoms with E-state index in [-0.39, 0.29) is 11.7 Å². The molecule has 0 bridgehead atoms. The zero-order chi connectivity index (χ0) is 16.2. The molecule has 128 valence electrons. The first kappa shape index (κ1) is 19.1. The first-order valence-corrected chi connectivity index (χ1v) is 8.44. The molecule has 1 aliphatic rings. The van der Waals surface area contributed by atoms with E-state index in [4.69, 9.17) is 9.47 Å². The molecule has 0 radical (unpaired) electrons. The molecule has 1 saturated carbocycles. The average molecular weight is 313 g/mol. The van der Waals surface area contributed by atoms with Crippen LogP contribution in [0.3, 0.4) is 0 Å². The van der Waals surface area contributed by atoms with Gasteiger partial charge in [0.05, 0.1) is 0 Å². The fourth-order valence-corrected chi connectivity index (χ4v) is 2.85. The molecule has 0 aromatic heterocycles. The number of methoxy groups -OCH3 is 1. The van der Waals surface area contributed by atoms with E-state index in [0.29, 0.717) is 31.9 Å². The van der Waals surface area contributed by atoms with Crippen molar-refractivity contribution >= 4 is 11.7 Å². The van der Waals surface area contributed by atoms with Crippen LogP contribution in [0.25, 0.3) is 0 Å². The molecule has 0 aromatic carbocycles. The second-order valence-corrected chi connectivity index (χ2v) is 6.32. The van der Waals surface area contributed by atoms with Crippen molar-refractivity contribution in [2.24, 2.45) is 11.8 Å². The summed E-state index contributed by atoms with van der Waals surface area (Å²) in [6.45, 7) is 4.30. The number of rotatable bonds is 11. The molecule has 1 rings (SSSR count). The molecule has 1 amide bonds. The van der Waals surface area contributed by atoms with Crippen LogP contribution in [-0.4, -0.2) is 45.2 Å². The molecule has 0 unspecified atom stereocenters. The fraction of sp³-hybridized carbons (Fsp3) is 0.882. The van der Waals surface area contributed by atoms with Gasteiger partial charge in [-0.05, 0) is 50.9 Å². The molecule has 1 N–H and O–H groups in total. The molecular weight excluding hydrogens is 282 g/mol. The van der Waals surface area contributed by atoms with Gasteiger partial charge in [0.1, 0.15) is 5.78 Å². The van der Waals surface area contributed by atoms with Gasteiger partial charge in [-0.15, -0.1) is 0 Å². The Morgan fingerprint density at radius 1 is 1.05 bits per heavy atom. The first-order chi connectivity index (χ1) is 10.6. The lowest BCUT2D eigenvalue weighted by atomic mass is 9.83. The van der Waals surface area contributed by atoms with Crippen LogP contribution < -0.4 is 5.32 Å². The first-order valence-electron chi connectivity index (χ1n) is 8.44. The SMILES string of the molecule is COCC1CCC(COCCCC(=O)NCCC(C)=O)CC1. The van der Waals surface area contributed by atoms with Crippen LogP contribution in [0.15, 0.2) is 0 Å². The second-order valence-electron chi connectivity index (χ2n) is 6.32. The molecule has 1 aliphatic carbocycles. The van der Waals surface area contributed by atoms with Crippen molar-refractivity contribution in [2.75, 3.05) is 33.5 Å². The van der Waals surface area contributed by atoms with Gasteiger partial charge in [-0.3, -0.25) is 9.59 Å². The number of ketones is 1. The van der Waals surface area contributed by atoms with E-state index in [1.165, 1.54) is 32.6 Å². The maximum Gasteiger partial charge on any atom is 0.220 e. The summed E-state index contributed by atoms with van der Waals surface area (Å²) in [5.41, 5.74) is 0. The minimum Gasteiger partial charge on any atom is -0.384 e. The van der Waals surface area contributed by atoms with Gasteiger partial charge in [0.2, 0.25) is 5.91 Å². The summed E-state index contributed by atoms with van der Waals surface area (Å²) in [6, 6.07) is 0. The van der Waals surface area contributed by atoms with E-state index >= 15 is 0 Å². The maximum absolute atomic E-state index is 11.5. The molecule has 5 heteroatoms. The minimum absolute atomic E-state index is 0.00456. The van der Waals surface area contributed by atoms with Gasteiger partial charge >= 0.3 is 0 Å². The van der Waals surface area contributed by atoms with Gasteiger partial charge < -0.3 is 14.8 Å². The van der Waals surface area contributed by atoms with Gasteiger partial charge in [0, 0.05) is 46.3 Å². The van der Waals surface area contributed by atoms with Gasteiger partial charge in [-0.1, -0.05) is 0 Å². The number of carbonyl (C=O) groups is 2. The summed E-state index contributed by atoms with van der Waals surface area (Å²) in [7, 11) is 1.77. The number of hydrogen-bond acceptors (Lipinski definition) is 4. The molecule has 0 saturated heterocycles. The summed E-state index contributed by atoms with van der Waals surface area (Å²) in [5.74, 6) is 1.49. The summed E-state index contributed by atoms with van der Waals surface area (Å²) >= 11 is 0. The lowest BCUT2D eigenvalue weighted by Gasteiger charge is -2.27. The minimum atomic E-state index is 0.00456. The molecule has 0 spiro atoms. The van der Waals surface area contributed by atoms with Crippen molar-refractivity contribution in [3.8, 4) is 0 Å². The normalized spacial score (nSPS) is 21.5. The van der Waals surface area contributed by atoms with Gasteiger partial charge in [0.15, 0.2) is 0 Å². The highest BCUT2D eigenvalue weighted by Gasteiger charge is 2.20. The Balaban J connectivity index is 1.93. The smallest absolute Gasteiger partial charge is 0.220 e. The van der Waals surface area contributed by atoms with Crippen LogP contribution in [0.5, 0.6) is 0 Å². The van der Waals surface area contributed by atoms with Gasteiger partial charge in [-0.25, -0.2) is 0 Å². The van der Waals surface area contributed by atoms with Crippen LogP contribution in [0.2, 0.25) is 0 Å². The van der Waals surface area contributed by atoms with E-state index in [1.54, 1.807) is 7.11 Å². The Morgan fingerprint density at radius 2 is 1.68 bits per heavy atom. The number of Topliss-reactive ketones (excluding diaryl/α,β-unsaturated/α-hetero) is 1. The zero-order valence-corrected chi connectivity index (χ0v) is 14.1. The maximum atomic E-state index is 11.5. The van der Waals surface area contributed by atoms with Gasteiger partial charge in [-0.2, -0.15) is 0 Å². The van der Waals surface area contributed by atoms with Crippen LogP contribution in [0, 0.1) is 11.8 Å². The van der Waals surface area contributed by atoms with Crippen LogP contribution in [-0.2, 0) is 19.1 Å². The highest BCUT2D eigenvalue weighted by molar-refractivity contribution is 5.78. The lowest BCUT2D eigenvalue weighted by molar-refractivity contribution is -0.121. The molecule has 1 fully saturated rings. The molecule has 22 heavy (non-hydrogen) atoms. The van der Waals surface area contributed by atoms with Crippen LogP contribution >= 0.6 is 0 Å². The highest BCUT2D eigenvalue weighted by atomic mass is 16.5. The quantitative estimate of drug-likeness (QED) is 0.595. The standard InChI is InChI=1S/C17H31NO4/c1-14(19)9-10-18-17(20)4-3-11-22-13-16-7-5-15(6-8-16)12-21-2/h15-16H,3-13H2,1-2H3,(H,18,20). The Hall–Kier alpha value is -0.940. The number of hydrogen-bond donors (Lipinski definition) is 1. The Bertz CT molecular complexity index is 325. The predicted molar refractivity (Wildman–Crippen MR) is 85.7 cm³/mol. The number of carbonyl (C=O) groups excluding carboxylic acids is 2. The highest BCUT2D eigenvalue weighted by Crippen LogP contribution is 2.28. The number of nitrogens with one attached hydrogen (secondary N) is 1. The third-order valence-electron chi connectivity index (χ3n) is 4.21. The topological polar surface area (TPSA) is 64.6 Å². The third-order valence-corrected chi connectivity index (χ3v) is 4.21. The number of amides is 1. The van der Waals surface area contributed by atoms with Crippen molar-refractivity contribution in [3.05, 3.63) is 0 Å². The molecule has 0 atom stereocenters. The lowest BCUT2D eigenvalue weighted by Crippen LogP contribution is -2.25. The van der Waals surface area contributed by atoms with Crippen LogP contribution in [0.1, 0.15) is 51.9 Å². The second kappa shape index (κ2) is 11.6. The average Bonchev–Trinajstić information content (AvgIpc) is 2.48. The Labute approximate surface area is 134 Å². The molecule has 0 aromatic rings. The van der Waals surface area contributed by atoms with E-state index in [2.05, 4.69) is 5.32 Å². The predicted octanol–water partition coefficient (Wildman–Crippen LogP) is 2.33. The van der Waals surface area contributed by atoms with E-state index in [0.717, 1.165) is 25.6 Å². The van der Waals surface area contributed by atoms with Gasteiger partial charge in [0.25, 0.3) is 0 Å². The van der Waals surface area contributed by atoms with Crippen molar-refractivity contribution in [1.82, 2.24) is 5.32 Å². The largest absolute Gasteiger partial charge is 0.384 e. The Morgan fingerprint density at radius 3 is 2.27 bits per heavy atom. The summed E-state index contributed by atoms with van der Waals surface area (Å²) < 4.78 is 10.9. The third kappa shape index (κ3) is 9.15. The van der Waals surface area contributed by atoms with Crippen molar-refractivity contribution < 1.29 is 19.1 Å². The van der Waals surface area contributed by atoms with Crippen LogP contribution in [0.4, 0.5) is 0 Å². The summed E-state index contributed by atoms with van der Waals surface area (Å²) in [4.78, 5) is 22.3. The van der Waals surface area contributed by atoms with Crippen molar-refractivity contribution in [3.63, 3.8) is 0 Å². The summed E-state index contributed by atoms with van der Waals surface area (Å²) in [5, 5.41) is 2.74. The number of ether oxygens (including phenoxy) is 2. The summed E-state index contributed by atoms with van der Waals surface area (Å²) in [6.07, 6.45) is 6.54. The van der Waals surface area contributed by atoms with E-state index < -0.39 is 0 Å². The van der Waals surface area contributed by atoms with E-state index in [9.17, 15) is 9.59 Å². The Kier molecular flexibility index (Phi) is 10.1. The fourth-order valence-electron chi connectivity index (χ4n) is 2.85. The molecule has 5 nitrogen and oxygen atoms in total. The molecule has 0 aliphatic heterocycles.